The lowest BCUT2D eigenvalue weighted by Crippen LogP contribution is -2.47. The van der Waals surface area contributed by atoms with Crippen molar-refractivity contribution in [3.8, 4) is 0 Å². The Kier molecular flexibility index (Phi) is 5.59. The number of ether oxygens (including phenoxy) is 2. The number of carbonyl (C=O) groups excluding carboxylic acids is 1. The standard InChI is InChI=1S/C17H26NO4/c1-16(2,3)15(22-17(4,5)6)18(20)13-10-8-12(9-11-13)14(19)21-7/h8-11,15H,1-7H3/t15-/m0/s1. The van der Waals surface area contributed by atoms with Crippen molar-refractivity contribution in [1.82, 2.24) is 0 Å². The molecule has 0 unspecified atom stereocenters. The van der Waals surface area contributed by atoms with Gasteiger partial charge in [-0.2, -0.15) is 5.06 Å². The first-order valence-electron chi connectivity index (χ1n) is 7.28. The summed E-state index contributed by atoms with van der Waals surface area (Å²) in [6.45, 7) is 11.6. The summed E-state index contributed by atoms with van der Waals surface area (Å²) in [5.74, 6) is -0.428. The third-order valence-corrected chi connectivity index (χ3v) is 2.96. The molecule has 0 fully saturated rings. The van der Waals surface area contributed by atoms with E-state index in [0.29, 0.717) is 11.3 Å². The van der Waals surface area contributed by atoms with Gasteiger partial charge in [0.15, 0.2) is 6.23 Å². The molecule has 0 amide bonds. The second-order valence-corrected chi connectivity index (χ2v) is 7.31. The van der Waals surface area contributed by atoms with Crippen LogP contribution in [0.15, 0.2) is 24.3 Å². The maximum atomic E-state index is 12.7. The minimum absolute atomic E-state index is 0.365. The van der Waals surface area contributed by atoms with Gasteiger partial charge in [-0.25, -0.2) is 4.79 Å². The van der Waals surface area contributed by atoms with E-state index in [4.69, 9.17) is 4.74 Å². The monoisotopic (exact) mass is 308 g/mol. The maximum Gasteiger partial charge on any atom is 0.337 e. The van der Waals surface area contributed by atoms with Crippen LogP contribution in [0.25, 0.3) is 0 Å². The van der Waals surface area contributed by atoms with Gasteiger partial charge in [0, 0.05) is 5.41 Å². The van der Waals surface area contributed by atoms with E-state index in [2.05, 4.69) is 4.74 Å². The van der Waals surface area contributed by atoms with Gasteiger partial charge in [-0.3, -0.25) is 0 Å². The predicted molar refractivity (Wildman–Crippen MR) is 85.0 cm³/mol. The maximum absolute atomic E-state index is 12.7. The Morgan fingerprint density at radius 2 is 1.55 bits per heavy atom. The molecule has 1 radical (unpaired) electrons. The summed E-state index contributed by atoms with van der Waals surface area (Å²) in [7, 11) is 1.32. The second-order valence-electron chi connectivity index (χ2n) is 7.31. The molecular weight excluding hydrogens is 282 g/mol. The molecule has 0 aliphatic heterocycles. The van der Waals surface area contributed by atoms with Gasteiger partial charge in [0.1, 0.15) is 0 Å². The first-order valence-corrected chi connectivity index (χ1v) is 7.28. The van der Waals surface area contributed by atoms with Crippen LogP contribution in [0.5, 0.6) is 0 Å². The Morgan fingerprint density at radius 3 is 1.91 bits per heavy atom. The number of rotatable bonds is 4. The molecule has 0 N–H and O–H groups in total. The minimum Gasteiger partial charge on any atom is -0.465 e. The number of benzene rings is 1. The van der Waals surface area contributed by atoms with Crippen molar-refractivity contribution >= 4 is 11.7 Å². The van der Waals surface area contributed by atoms with Crippen LogP contribution >= 0.6 is 0 Å². The lowest BCUT2D eigenvalue weighted by Gasteiger charge is -2.39. The van der Waals surface area contributed by atoms with Crippen LogP contribution in [0.2, 0.25) is 0 Å². The summed E-state index contributed by atoms with van der Waals surface area (Å²) < 4.78 is 10.6. The van der Waals surface area contributed by atoms with Crippen molar-refractivity contribution in [2.75, 3.05) is 12.2 Å². The molecule has 0 saturated carbocycles. The van der Waals surface area contributed by atoms with Crippen molar-refractivity contribution in [3.05, 3.63) is 29.8 Å². The Balaban J connectivity index is 3.04. The molecule has 1 aromatic rings. The minimum atomic E-state index is -0.642. The van der Waals surface area contributed by atoms with E-state index < -0.39 is 17.8 Å². The third kappa shape index (κ3) is 5.00. The predicted octanol–water partition coefficient (Wildman–Crippen LogP) is 3.81. The number of methoxy groups -OCH3 is 1. The molecule has 0 aliphatic carbocycles. The molecule has 0 aromatic heterocycles. The highest BCUT2D eigenvalue weighted by Crippen LogP contribution is 2.31. The first-order chi connectivity index (χ1) is 9.95. The number of hydrogen-bond acceptors (Lipinski definition) is 4. The zero-order valence-electron chi connectivity index (χ0n) is 14.5. The zero-order chi connectivity index (χ0) is 17.1. The van der Waals surface area contributed by atoms with Crippen LogP contribution in [-0.2, 0) is 14.7 Å². The number of hydrogen-bond donors (Lipinski definition) is 0. The SMILES string of the molecule is COC(=O)c1ccc(N([O])[C@@H](OC(C)(C)C)C(C)(C)C)cc1. The fraction of sp³-hybridized carbons (Fsp3) is 0.588. The van der Waals surface area contributed by atoms with Crippen molar-refractivity contribution in [1.29, 1.82) is 0 Å². The Hall–Kier alpha value is -1.59. The normalized spacial score (nSPS) is 13.6. The van der Waals surface area contributed by atoms with Crippen molar-refractivity contribution in [2.45, 2.75) is 53.4 Å². The molecule has 0 spiro atoms. The summed E-state index contributed by atoms with van der Waals surface area (Å²) in [5, 5.41) is 13.5. The number of anilines is 1. The second kappa shape index (κ2) is 6.67. The molecule has 1 rings (SSSR count). The molecule has 0 saturated heterocycles. The van der Waals surface area contributed by atoms with Crippen LogP contribution < -0.4 is 5.06 Å². The van der Waals surface area contributed by atoms with Crippen LogP contribution in [-0.4, -0.2) is 24.9 Å². The third-order valence-electron chi connectivity index (χ3n) is 2.96. The summed E-state index contributed by atoms with van der Waals surface area (Å²) >= 11 is 0. The zero-order valence-corrected chi connectivity index (χ0v) is 14.5. The fourth-order valence-corrected chi connectivity index (χ4v) is 1.91. The highest BCUT2D eigenvalue weighted by Gasteiger charge is 2.35. The summed E-state index contributed by atoms with van der Waals surface area (Å²) in [6, 6.07) is 6.35. The molecule has 1 aromatic carbocycles. The highest BCUT2D eigenvalue weighted by molar-refractivity contribution is 5.89. The quantitative estimate of drug-likeness (QED) is 0.482. The summed E-state index contributed by atoms with van der Waals surface area (Å²) in [6.07, 6.45) is -0.642. The lowest BCUT2D eigenvalue weighted by molar-refractivity contribution is -0.145. The van der Waals surface area contributed by atoms with Gasteiger partial charge in [0.05, 0.1) is 24.0 Å². The molecule has 5 heteroatoms. The van der Waals surface area contributed by atoms with Crippen LogP contribution in [0.3, 0.4) is 0 Å². The number of nitrogens with zero attached hydrogens (tertiary/aromatic N) is 1. The molecule has 1 atom stereocenters. The van der Waals surface area contributed by atoms with Crippen molar-refractivity contribution < 1.29 is 19.5 Å². The molecule has 0 aliphatic rings. The smallest absolute Gasteiger partial charge is 0.337 e. The fourth-order valence-electron chi connectivity index (χ4n) is 1.91. The molecular formula is C17H26NO4. The Labute approximate surface area is 132 Å². The average molecular weight is 308 g/mol. The highest BCUT2D eigenvalue weighted by atomic mass is 16.6. The van der Waals surface area contributed by atoms with Gasteiger partial charge >= 0.3 is 5.97 Å². The molecule has 22 heavy (non-hydrogen) atoms. The van der Waals surface area contributed by atoms with Crippen LogP contribution in [0, 0.1) is 5.41 Å². The number of hydroxylamine groups is 1. The van der Waals surface area contributed by atoms with Gasteiger partial charge in [0.2, 0.25) is 0 Å². The Bertz CT molecular complexity index is 497. The summed E-state index contributed by atoms with van der Waals surface area (Å²) in [4.78, 5) is 11.4. The van der Waals surface area contributed by atoms with Gasteiger partial charge < -0.3 is 9.47 Å². The van der Waals surface area contributed by atoms with E-state index >= 15 is 0 Å². The number of carbonyl (C=O) groups is 1. The van der Waals surface area contributed by atoms with Gasteiger partial charge in [-0.15, -0.1) is 0 Å². The molecule has 5 nitrogen and oxygen atoms in total. The van der Waals surface area contributed by atoms with E-state index in [0.717, 1.165) is 5.06 Å². The molecule has 123 valence electrons. The first kappa shape index (κ1) is 18.5. The molecule has 0 heterocycles. The van der Waals surface area contributed by atoms with Crippen molar-refractivity contribution in [2.24, 2.45) is 5.41 Å². The van der Waals surface area contributed by atoms with Gasteiger partial charge in [0.25, 0.3) is 0 Å². The van der Waals surface area contributed by atoms with E-state index in [1.165, 1.54) is 7.11 Å². The topological polar surface area (TPSA) is 58.7 Å². The van der Waals surface area contributed by atoms with Crippen LogP contribution in [0.1, 0.15) is 51.9 Å². The molecule has 0 bridgehead atoms. The van der Waals surface area contributed by atoms with Gasteiger partial charge in [-0.1, -0.05) is 26.0 Å². The largest absolute Gasteiger partial charge is 0.465 e. The Morgan fingerprint density at radius 1 is 1.05 bits per heavy atom. The van der Waals surface area contributed by atoms with Crippen molar-refractivity contribution in [3.63, 3.8) is 0 Å². The summed E-state index contributed by atoms with van der Waals surface area (Å²) in [5.41, 5.74) is 0.0447. The van der Waals surface area contributed by atoms with E-state index in [9.17, 15) is 10.0 Å². The van der Waals surface area contributed by atoms with Gasteiger partial charge in [-0.05, 0) is 45.0 Å². The van der Waals surface area contributed by atoms with E-state index in [1.807, 2.05) is 41.5 Å². The van der Waals surface area contributed by atoms with E-state index in [-0.39, 0.29) is 5.41 Å². The number of esters is 1. The van der Waals surface area contributed by atoms with E-state index in [1.54, 1.807) is 24.3 Å². The lowest BCUT2D eigenvalue weighted by atomic mass is 9.93. The average Bonchev–Trinajstić information content (AvgIpc) is 2.41. The van der Waals surface area contributed by atoms with Crippen LogP contribution in [0.4, 0.5) is 5.69 Å².